The largest absolute Gasteiger partial charge is 0.508 e. The van der Waals surface area contributed by atoms with Gasteiger partial charge in [0, 0.05) is 35.0 Å². The van der Waals surface area contributed by atoms with Crippen LogP contribution in [0, 0.1) is 0 Å². The van der Waals surface area contributed by atoms with Crippen molar-refractivity contribution in [1.29, 1.82) is 0 Å². The minimum Gasteiger partial charge on any atom is -0.508 e. The Balaban J connectivity index is 1.44. The molecule has 0 spiro atoms. The van der Waals surface area contributed by atoms with Gasteiger partial charge in [-0.2, -0.15) is 0 Å². The molecule has 1 saturated carbocycles. The number of sulfonamides is 1. The number of allylic oxidation sites excluding steroid dienone is 4. The molecule has 9 heteroatoms. The zero-order chi connectivity index (χ0) is 21.3. The van der Waals surface area contributed by atoms with E-state index in [2.05, 4.69) is 9.88 Å². The van der Waals surface area contributed by atoms with Crippen LogP contribution in [-0.2, 0) is 10.0 Å². The second-order valence-electron chi connectivity index (χ2n) is 7.59. The van der Waals surface area contributed by atoms with Gasteiger partial charge in [-0.15, -0.1) is 0 Å². The Morgan fingerprint density at radius 2 is 1.90 bits per heavy atom. The Labute approximate surface area is 180 Å². The first kappa shape index (κ1) is 20.8. The van der Waals surface area contributed by atoms with E-state index < -0.39 is 10.0 Å². The molecule has 2 aliphatic rings. The molecule has 0 saturated heterocycles. The molecule has 30 heavy (non-hydrogen) atoms. The van der Waals surface area contributed by atoms with E-state index in [1.165, 1.54) is 12.3 Å². The smallest absolute Gasteiger partial charge is 0.241 e. The van der Waals surface area contributed by atoms with Gasteiger partial charge in [-0.25, -0.2) is 13.1 Å². The Morgan fingerprint density at radius 1 is 1.13 bits per heavy atom. The highest BCUT2D eigenvalue weighted by molar-refractivity contribution is 7.96. The van der Waals surface area contributed by atoms with E-state index in [1.54, 1.807) is 24.3 Å². The van der Waals surface area contributed by atoms with Gasteiger partial charge in [0.25, 0.3) is 0 Å². The molecule has 0 aliphatic heterocycles. The summed E-state index contributed by atoms with van der Waals surface area (Å²) in [6, 6.07) is 6.09. The van der Waals surface area contributed by atoms with Crippen LogP contribution in [0.2, 0.25) is 0 Å². The normalized spacial score (nSPS) is 22.5. The average molecular weight is 447 g/mol. The van der Waals surface area contributed by atoms with E-state index in [-0.39, 0.29) is 28.4 Å². The van der Waals surface area contributed by atoms with E-state index >= 15 is 0 Å². The number of phenols is 2. The maximum atomic E-state index is 13.0. The number of aromatic hydroxyl groups is 2. The second kappa shape index (κ2) is 8.33. The van der Waals surface area contributed by atoms with Gasteiger partial charge in [-0.1, -0.05) is 29.5 Å². The first-order valence-electron chi connectivity index (χ1n) is 9.73. The molecule has 158 valence electrons. The summed E-state index contributed by atoms with van der Waals surface area (Å²) in [4.78, 5) is 0.480. The Morgan fingerprint density at radius 3 is 2.57 bits per heavy atom. The van der Waals surface area contributed by atoms with Gasteiger partial charge >= 0.3 is 0 Å². The first-order chi connectivity index (χ1) is 14.3. The van der Waals surface area contributed by atoms with Crippen LogP contribution in [0.1, 0.15) is 49.3 Å². The van der Waals surface area contributed by atoms with Crippen LogP contribution in [0.25, 0.3) is 5.57 Å². The van der Waals surface area contributed by atoms with Gasteiger partial charge in [-0.3, -0.25) is 0 Å². The van der Waals surface area contributed by atoms with Crippen LogP contribution in [0.5, 0.6) is 11.5 Å². The lowest BCUT2D eigenvalue weighted by Gasteiger charge is -2.30. The fourth-order valence-corrected chi connectivity index (χ4v) is 5.97. The zero-order valence-electron chi connectivity index (χ0n) is 16.1. The molecule has 3 N–H and O–H groups in total. The molecule has 0 radical (unpaired) electrons. The van der Waals surface area contributed by atoms with E-state index in [9.17, 15) is 18.6 Å². The second-order valence-corrected chi connectivity index (χ2v) is 9.77. The predicted molar refractivity (Wildman–Crippen MR) is 117 cm³/mol. The molecule has 0 unspecified atom stereocenters. The third-order valence-corrected chi connectivity index (χ3v) is 7.70. The van der Waals surface area contributed by atoms with E-state index in [4.69, 9.17) is 16.7 Å². The Bertz CT molecular complexity index is 1110. The number of hydrogen-bond acceptors (Lipinski definition) is 7. The number of hydrogen-bond donors (Lipinski definition) is 3. The lowest BCUT2D eigenvalue weighted by molar-refractivity contribution is 0.363. The molecule has 0 amide bonds. The number of thiocarbonyl (C=S) groups is 1. The Kier molecular flexibility index (Phi) is 5.77. The van der Waals surface area contributed by atoms with Gasteiger partial charge in [0.05, 0.1) is 4.91 Å². The van der Waals surface area contributed by atoms with Crippen LogP contribution in [0.3, 0.4) is 0 Å². The predicted octanol–water partition coefficient (Wildman–Crippen LogP) is 3.77. The number of benzene rings is 1. The number of nitrogens with zero attached hydrogens (tertiary/aromatic N) is 1. The SMILES string of the molecule is O=S(=O)(NC1CCC(c2ccc(O)cc2O)CC1)C1=CC(c2ccon2)=CCC1=S. The van der Waals surface area contributed by atoms with Crippen molar-refractivity contribution in [3.63, 3.8) is 0 Å². The maximum absolute atomic E-state index is 13.0. The van der Waals surface area contributed by atoms with Crippen molar-refractivity contribution in [2.75, 3.05) is 0 Å². The highest BCUT2D eigenvalue weighted by atomic mass is 32.2. The van der Waals surface area contributed by atoms with Gasteiger partial charge in [0.1, 0.15) is 23.5 Å². The first-order valence-corrected chi connectivity index (χ1v) is 11.6. The summed E-state index contributed by atoms with van der Waals surface area (Å²) in [6.07, 6.45) is 7.95. The Hall–Kier alpha value is -2.49. The summed E-state index contributed by atoms with van der Waals surface area (Å²) in [6.45, 7) is 0. The monoisotopic (exact) mass is 446 g/mol. The van der Waals surface area contributed by atoms with Gasteiger partial charge in [0.15, 0.2) is 0 Å². The summed E-state index contributed by atoms with van der Waals surface area (Å²) >= 11 is 5.31. The molecule has 1 fully saturated rings. The maximum Gasteiger partial charge on any atom is 0.241 e. The number of phenolic OH excluding ortho intramolecular Hbond substituents is 2. The standard InChI is InChI=1S/C21H22N2O5S2/c24-16-6-7-17(19(25)12-16)13-1-4-15(5-2-13)23-30(26,27)21-11-14(3-8-20(21)29)18-9-10-28-22-18/h3,6-7,9-13,15,23-25H,1-2,4-5,8H2. The van der Waals surface area contributed by atoms with Crippen molar-refractivity contribution in [2.24, 2.45) is 0 Å². The van der Waals surface area contributed by atoms with Crippen molar-refractivity contribution < 1.29 is 23.2 Å². The van der Waals surface area contributed by atoms with Crippen molar-refractivity contribution in [2.45, 2.75) is 44.1 Å². The number of nitrogens with one attached hydrogen (secondary N) is 1. The number of rotatable bonds is 5. The van der Waals surface area contributed by atoms with Crippen molar-refractivity contribution in [3.8, 4) is 11.5 Å². The van der Waals surface area contributed by atoms with Gasteiger partial charge < -0.3 is 14.7 Å². The van der Waals surface area contributed by atoms with Crippen molar-refractivity contribution in [3.05, 3.63) is 58.8 Å². The summed E-state index contributed by atoms with van der Waals surface area (Å²) in [5.74, 6) is 0.223. The molecular weight excluding hydrogens is 424 g/mol. The quantitative estimate of drug-likeness (QED) is 0.599. The third-order valence-electron chi connectivity index (χ3n) is 5.59. The zero-order valence-corrected chi connectivity index (χ0v) is 17.7. The highest BCUT2D eigenvalue weighted by Crippen LogP contribution is 2.39. The molecule has 2 aromatic rings. The van der Waals surface area contributed by atoms with Crippen LogP contribution >= 0.6 is 12.2 Å². The number of aromatic nitrogens is 1. The summed E-state index contributed by atoms with van der Waals surface area (Å²) in [7, 11) is -3.76. The topological polar surface area (TPSA) is 113 Å². The fourth-order valence-electron chi connectivity index (χ4n) is 4.03. The highest BCUT2D eigenvalue weighted by Gasteiger charge is 2.31. The summed E-state index contributed by atoms with van der Waals surface area (Å²) in [5, 5.41) is 23.4. The van der Waals surface area contributed by atoms with E-state index in [1.807, 2.05) is 6.08 Å². The van der Waals surface area contributed by atoms with Gasteiger partial charge in [-0.05, 0) is 49.3 Å². The summed E-state index contributed by atoms with van der Waals surface area (Å²) < 4.78 is 33.7. The van der Waals surface area contributed by atoms with Gasteiger partial charge in [0.2, 0.25) is 10.0 Å². The van der Waals surface area contributed by atoms with E-state index in [0.29, 0.717) is 35.4 Å². The van der Waals surface area contributed by atoms with Crippen molar-refractivity contribution >= 4 is 32.7 Å². The minimum absolute atomic E-state index is 0.0217. The molecule has 2 aliphatic carbocycles. The average Bonchev–Trinajstić information content (AvgIpc) is 3.24. The minimum atomic E-state index is -3.76. The van der Waals surface area contributed by atoms with Crippen LogP contribution < -0.4 is 4.72 Å². The molecule has 0 atom stereocenters. The van der Waals surface area contributed by atoms with Crippen LogP contribution in [0.15, 0.2) is 52.1 Å². The summed E-state index contributed by atoms with van der Waals surface area (Å²) in [5.41, 5.74) is 2.02. The van der Waals surface area contributed by atoms with E-state index in [0.717, 1.165) is 18.4 Å². The molecule has 7 nitrogen and oxygen atoms in total. The molecule has 4 rings (SSSR count). The van der Waals surface area contributed by atoms with Crippen molar-refractivity contribution in [1.82, 2.24) is 9.88 Å². The molecule has 1 aromatic carbocycles. The molecule has 1 aromatic heterocycles. The molecule has 1 heterocycles. The lowest BCUT2D eigenvalue weighted by Crippen LogP contribution is -2.39. The van der Waals surface area contributed by atoms with Crippen LogP contribution in [-0.4, -0.2) is 34.7 Å². The lowest BCUT2D eigenvalue weighted by atomic mass is 9.81. The van der Waals surface area contributed by atoms with Crippen LogP contribution in [0.4, 0.5) is 0 Å². The molecular formula is C21H22N2O5S2. The third kappa shape index (κ3) is 4.33. The fraction of sp³-hybridized carbons (Fsp3) is 0.333. The molecule has 0 bridgehead atoms.